The van der Waals surface area contributed by atoms with Crippen LogP contribution < -0.4 is 0 Å². The third-order valence-electron chi connectivity index (χ3n) is 2.21. The highest BCUT2D eigenvalue weighted by molar-refractivity contribution is 5.83. The molecule has 3 heteroatoms. The number of aliphatic imine (C=N–C) groups is 2. The van der Waals surface area contributed by atoms with Crippen LogP contribution in [0.5, 0.6) is 0 Å². The predicted molar refractivity (Wildman–Crippen MR) is 41.6 cm³/mol. The summed E-state index contributed by atoms with van der Waals surface area (Å²) in [4.78, 5) is 10.9. The third kappa shape index (κ3) is 0.602. The summed E-state index contributed by atoms with van der Waals surface area (Å²) in [5, 5.41) is 0. The first-order valence-corrected chi connectivity index (χ1v) is 3.58. The Morgan fingerprint density at radius 1 is 1.70 bits per heavy atom. The molecule has 0 N–H and O–H groups in total. The maximum absolute atomic E-state index is 4.45. The SMILES string of the molecule is CC1=NC2CC=NC2N1C. The van der Waals surface area contributed by atoms with Crippen molar-refractivity contribution in [2.45, 2.75) is 25.6 Å². The van der Waals surface area contributed by atoms with Crippen LogP contribution in [0.4, 0.5) is 0 Å². The number of likely N-dealkylation sites (N-methyl/N-ethyl adjacent to an activating group) is 1. The fourth-order valence-corrected chi connectivity index (χ4v) is 1.50. The van der Waals surface area contributed by atoms with Gasteiger partial charge in [-0.15, -0.1) is 0 Å². The fourth-order valence-electron chi connectivity index (χ4n) is 1.50. The minimum atomic E-state index is 0.319. The number of amidine groups is 1. The first kappa shape index (κ1) is 5.89. The Kier molecular flexibility index (Phi) is 1.07. The van der Waals surface area contributed by atoms with Gasteiger partial charge >= 0.3 is 0 Å². The second-order valence-electron chi connectivity index (χ2n) is 2.84. The van der Waals surface area contributed by atoms with Gasteiger partial charge in [0, 0.05) is 19.7 Å². The lowest BCUT2D eigenvalue weighted by atomic mass is 10.2. The topological polar surface area (TPSA) is 28.0 Å². The quantitative estimate of drug-likeness (QED) is 0.478. The van der Waals surface area contributed by atoms with Crippen LogP contribution >= 0.6 is 0 Å². The molecule has 0 radical (unpaired) electrons. The Bertz CT molecular complexity index is 205. The second kappa shape index (κ2) is 1.81. The van der Waals surface area contributed by atoms with Crippen molar-refractivity contribution in [3.8, 4) is 0 Å². The molecule has 0 saturated carbocycles. The van der Waals surface area contributed by atoms with E-state index in [2.05, 4.69) is 14.9 Å². The van der Waals surface area contributed by atoms with E-state index in [-0.39, 0.29) is 0 Å². The number of fused-ring (bicyclic) bond motifs is 1. The molecule has 2 atom stereocenters. The molecule has 2 aliphatic heterocycles. The summed E-state index contributed by atoms with van der Waals surface area (Å²) in [7, 11) is 2.05. The van der Waals surface area contributed by atoms with Crippen LogP contribution in [0, 0.1) is 0 Å². The summed E-state index contributed by atoms with van der Waals surface area (Å²) in [6.45, 7) is 2.04. The summed E-state index contributed by atoms with van der Waals surface area (Å²) in [6, 6.07) is 0.421. The lowest BCUT2D eigenvalue weighted by molar-refractivity contribution is 0.381. The molecular weight excluding hydrogens is 126 g/mol. The van der Waals surface area contributed by atoms with Gasteiger partial charge < -0.3 is 4.90 Å². The van der Waals surface area contributed by atoms with Gasteiger partial charge in [-0.25, -0.2) is 0 Å². The molecule has 0 aliphatic carbocycles. The standard InChI is InChI=1S/C7H11N3/c1-5-9-6-3-4-8-7(6)10(5)2/h4,6-7H,3H2,1-2H3. The predicted octanol–water partition coefficient (Wildman–Crippen LogP) is 0.519. The van der Waals surface area contributed by atoms with Crippen molar-refractivity contribution in [2.24, 2.45) is 9.98 Å². The first-order valence-electron chi connectivity index (χ1n) is 3.58. The molecule has 0 aromatic rings. The third-order valence-corrected chi connectivity index (χ3v) is 2.21. The molecule has 54 valence electrons. The number of hydrogen-bond donors (Lipinski definition) is 0. The first-order chi connectivity index (χ1) is 4.79. The number of hydrogen-bond acceptors (Lipinski definition) is 3. The molecule has 2 rings (SSSR count). The molecule has 2 aliphatic rings. The molecule has 0 spiro atoms. The second-order valence-corrected chi connectivity index (χ2v) is 2.84. The van der Waals surface area contributed by atoms with E-state index < -0.39 is 0 Å². The van der Waals surface area contributed by atoms with Crippen molar-refractivity contribution in [2.75, 3.05) is 7.05 Å². The highest BCUT2D eigenvalue weighted by Gasteiger charge is 2.33. The lowest BCUT2D eigenvalue weighted by Crippen LogP contribution is -2.31. The molecule has 2 unspecified atom stereocenters. The Balaban J connectivity index is 2.25. The summed E-state index contributed by atoms with van der Waals surface area (Å²) in [6.07, 6.45) is 3.31. The maximum atomic E-state index is 4.45. The van der Waals surface area contributed by atoms with Crippen molar-refractivity contribution in [1.82, 2.24) is 4.90 Å². The van der Waals surface area contributed by atoms with E-state index >= 15 is 0 Å². The van der Waals surface area contributed by atoms with E-state index in [1.807, 2.05) is 20.2 Å². The zero-order valence-corrected chi connectivity index (χ0v) is 6.28. The van der Waals surface area contributed by atoms with Crippen molar-refractivity contribution in [1.29, 1.82) is 0 Å². The molecule has 10 heavy (non-hydrogen) atoms. The van der Waals surface area contributed by atoms with Crippen LogP contribution in [-0.4, -0.2) is 36.2 Å². The van der Waals surface area contributed by atoms with Crippen LogP contribution in [0.3, 0.4) is 0 Å². The molecule has 3 nitrogen and oxygen atoms in total. The number of nitrogens with zero attached hydrogens (tertiary/aromatic N) is 3. The molecule has 0 bridgehead atoms. The van der Waals surface area contributed by atoms with Crippen LogP contribution in [0.25, 0.3) is 0 Å². The van der Waals surface area contributed by atoms with E-state index in [1.165, 1.54) is 0 Å². The molecule has 0 amide bonds. The van der Waals surface area contributed by atoms with Gasteiger partial charge in [0.2, 0.25) is 0 Å². The van der Waals surface area contributed by atoms with Crippen LogP contribution in [0.15, 0.2) is 9.98 Å². The molecule has 2 heterocycles. The maximum Gasteiger partial charge on any atom is 0.144 e. The molecule has 0 aromatic carbocycles. The highest BCUT2D eigenvalue weighted by atomic mass is 15.3. The van der Waals surface area contributed by atoms with Gasteiger partial charge in [0.05, 0.1) is 11.9 Å². The average Bonchev–Trinajstić information content (AvgIpc) is 2.41. The van der Waals surface area contributed by atoms with Gasteiger partial charge in [0.25, 0.3) is 0 Å². The minimum Gasteiger partial charge on any atom is -0.340 e. The van der Waals surface area contributed by atoms with E-state index in [9.17, 15) is 0 Å². The van der Waals surface area contributed by atoms with E-state index in [4.69, 9.17) is 0 Å². The Labute approximate surface area is 60.5 Å². The van der Waals surface area contributed by atoms with Crippen molar-refractivity contribution in [3.63, 3.8) is 0 Å². The molecule has 0 saturated heterocycles. The monoisotopic (exact) mass is 137 g/mol. The smallest absolute Gasteiger partial charge is 0.144 e. The van der Waals surface area contributed by atoms with Gasteiger partial charge in [-0.2, -0.15) is 0 Å². The summed E-state index contributed by atoms with van der Waals surface area (Å²) in [5.41, 5.74) is 0. The van der Waals surface area contributed by atoms with Crippen molar-refractivity contribution >= 4 is 12.1 Å². The van der Waals surface area contributed by atoms with Gasteiger partial charge in [-0.1, -0.05) is 0 Å². The van der Waals surface area contributed by atoms with Crippen molar-refractivity contribution in [3.05, 3.63) is 0 Å². The Morgan fingerprint density at radius 3 is 3.20 bits per heavy atom. The van der Waals surface area contributed by atoms with Crippen LogP contribution in [0.2, 0.25) is 0 Å². The van der Waals surface area contributed by atoms with E-state index in [0.29, 0.717) is 12.2 Å². The molecule has 0 fully saturated rings. The Hall–Kier alpha value is -0.860. The largest absolute Gasteiger partial charge is 0.340 e. The zero-order valence-electron chi connectivity index (χ0n) is 6.28. The summed E-state index contributed by atoms with van der Waals surface area (Å²) < 4.78 is 0. The van der Waals surface area contributed by atoms with Crippen LogP contribution in [0.1, 0.15) is 13.3 Å². The lowest BCUT2D eigenvalue weighted by Gasteiger charge is -2.17. The van der Waals surface area contributed by atoms with Gasteiger partial charge in [0.1, 0.15) is 6.17 Å². The Morgan fingerprint density at radius 2 is 2.50 bits per heavy atom. The van der Waals surface area contributed by atoms with E-state index in [0.717, 1.165) is 12.3 Å². The average molecular weight is 137 g/mol. The minimum absolute atomic E-state index is 0.319. The van der Waals surface area contributed by atoms with Crippen LogP contribution in [-0.2, 0) is 0 Å². The summed E-state index contributed by atoms with van der Waals surface area (Å²) >= 11 is 0. The molecule has 0 aromatic heterocycles. The normalized spacial score (nSPS) is 36.6. The van der Waals surface area contributed by atoms with Crippen molar-refractivity contribution < 1.29 is 0 Å². The summed E-state index contributed by atoms with van der Waals surface area (Å²) in [5.74, 6) is 1.12. The van der Waals surface area contributed by atoms with Gasteiger partial charge in [-0.3, -0.25) is 9.98 Å². The molecular formula is C7H11N3. The number of rotatable bonds is 0. The van der Waals surface area contributed by atoms with Gasteiger partial charge in [0.15, 0.2) is 0 Å². The fraction of sp³-hybridized carbons (Fsp3) is 0.714. The van der Waals surface area contributed by atoms with E-state index in [1.54, 1.807) is 0 Å². The highest BCUT2D eigenvalue weighted by Crippen LogP contribution is 2.22. The zero-order chi connectivity index (χ0) is 7.14. The van der Waals surface area contributed by atoms with Gasteiger partial charge in [-0.05, 0) is 6.92 Å².